The van der Waals surface area contributed by atoms with Crippen molar-refractivity contribution in [3.8, 4) is 11.8 Å². The summed E-state index contributed by atoms with van der Waals surface area (Å²) in [6.07, 6.45) is 1.22. The molecule has 0 atom stereocenters. The summed E-state index contributed by atoms with van der Waals surface area (Å²) in [6, 6.07) is 20.7. The fourth-order valence-electron chi connectivity index (χ4n) is 2.63. The number of ether oxygens (including phenoxy) is 1. The number of hydrogen-bond donors (Lipinski definition) is 1. The van der Waals surface area contributed by atoms with Crippen LogP contribution in [-0.2, 0) is 4.79 Å². The Morgan fingerprint density at radius 3 is 2.52 bits per heavy atom. The van der Waals surface area contributed by atoms with Gasteiger partial charge >= 0.3 is 6.61 Å². The van der Waals surface area contributed by atoms with Crippen molar-refractivity contribution in [2.75, 3.05) is 5.32 Å². The number of alkyl halides is 2. The van der Waals surface area contributed by atoms with E-state index < -0.39 is 12.5 Å². The monoisotopic (exact) mass is 364 g/mol. The number of nitrogens with zero attached hydrogens (tertiary/aromatic N) is 1. The molecule has 4 nitrogen and oxygen atoms in total. The van der Waals surface area contributed by atoms with E-state index in [1.165, 1.54) is 24.3 Å². The van der Waals surface area contributed by atoms with Crippen molar-refractivity contribution in [2.45, 2.75) is 6.61 Å². The third-order valence-electron chi connectivity index (χ3n) is 3.84. The third kappa shape index (κ3) is 4.28. The van der Waals surface area contributed by atoms with Gasteiger partial charge in [-0.3, -0.25) is 4.79 Å². The molecule has 3 rings (SSSR count). The van der Waals surface area contributed by atoms with E-state index in [1.54, 1.807) is 24.3 Å². The molecule has 3 aromatic carbocycles. The van der Waals surface area contributed by atoms with Crippen molar-refractivity contribution in [1.82, 2.24) is 0 Å². The number of nitriles is 1. The van der Waals surface area contributed by atoms with Gasteiger partial charge in [-0.1, -0.05) is 54.6 Å². The van der Waals surface area contributed by atoms with E-state index in [0.29, 0.717) is 5.69 Å². The van der Waals surface area contributed by atoms with Crippen LogP contribution in [0.3, 0.4) is 0 Å². The standard InChI is InChI=1S/C21H14F2N2O2/c22-21(23)27-19-11-4-2-7-15(19)12-16(13-24)20(26)25-18-10-5-8-14-6-1-3-9-17(14)18/h1-12,21H,(H,25,26)/b16-12+. The van der Waals surface area contributed by atoms with E-state index in [1.807, 2.05) is 30.3 Å². The van der Waals surface area contributed by atoms with Crippen LogP contribution in [0.1, 0.15) is 5.56 Å². The molecule has 0 heterocycles. The van der Waals surface area contributed by atoms with Gasteiger partial charge in [0.25, 0.3) is 5.91 Å². The van der Waals surface area contributed by atoms with Crippen LogP contribution in [0.25, 0.3) is 16.8 Å². The second kappa shape index (κ2) is 8.11. The second-order valence-electron chi connectivity index (χ2n) is 5.57. The first kappa shape index (κ1) is 18.1. The number of rotatable bonds is 5. The van der Waals surface area contributed by atoms with E-state index in [9.17, 15) is 18.8 Å². The van der Waals surface area contributed by atoms with Crippen LogP contribution in [0.15, 0.2) is 72.3 Å². The van der Waals surface area contributed by atoms with Gasteiger partial charge in [-0.2, -0.15) is 14.0 Å². The molecule has 0 aromatic heterocycles. The van der Waals surface area contributed by atoms with Crippen LogP contribution in [-0.4, -0.2) is 12.5 Å². The topological polar surface area (TPSA) is 62.1 Å². The molecule has 0 radical (unpaired) electrons. The van der Waals surface area contributed by atoms with Gasteiger partial charge in [0.05, 0.1) is 0 Å². The first-order chi connectivity index (χ1) is 13.1. The summed E-state index contributed by atoms with van der Waals surface area (Å²) in [5.41, 5.74) is 0.534. The van der Waals surface area contributed by atoms with Crippen LogP contribution in [0.5, 0.6) is 5.75 Å². The Morgan fingerprint density at radius 1 is 1.04 bits per heavy atom. The molecule has 1 amide bonds. The molecule has 0 aliphatic heterocycles. The van der Waals surface area contributed by atoms with Crippen LogP contribution < -0.4 is 10.1 Å². The lowest BCUT2D eigenvalue weighted by Crippen LogP contribution is -2.13. The molecule has 0 bridgehead atoms. The van der Waals surface area contributed by atoms with E-state index >= 15 is 0 Å². The van der Waals surface area contributed by atoms with Gasteiger partial charge < -0.3 is 10.1 Å². The number of benzene rings is 3. The zero-order valence-electron chi connectivity index (χ0n) is 14.0. The molecule has 1 N–H and O–H groups in total. The highest BCUT2D eigenvalue weighted by Crippen LogP contribution is 2.25. The average Bonchev–Trinajstić information content (AvgIpc) is 2.67. The minimum atomic E-state index is -3.01. The summed E-state index contributed by atoms with van der Waals surface area (Å²) in [7, 11) is 0. The van der Waals surface area contributed by atoms with Crippen LogP contribution >= 0.6 is 0 Å². The summed E-state index contributed by atoms with van der Waals surface area (Å²) in [4.78, 5) is 12.5. The summed E-state index contributed by atoms with van der Waals surface area (Å²) in [6.45, 7) is -3.01. The van der Waals surface area contributed by atoms with Gasteiger partial charge in [-0.25, -0.2) is 0 Å². The Bertz CT molecular complexity index is 1050. The Balaban J connectivity index is 1.91. The molecule has 0 saturated heterocycles. The van der Waals surface area contributed by atoms with E-state index in [0.717, 1.165) is 10.8 Å². The zero-order chi connectivity index (χ0) is 19.2. The maximum atomic E-state index is 12.5. The third-order valence-corrected chi connectivity index (χ3v) is 3.84. The summed E-state index contributed by atoms with van der Waals surface area (Å²) < 4.78 is 29.5. The second-order valence-corrected chi connectivity index (χ2v) is 5.57. The quantitative estimate of drug-likeness (QED) is 0.513. The Hall–Kier alpha value is -3.72. The van der Waals surface area contributed by atoms with Crippen LogP contribution in [0.2, 0.25) is 0 Å². The number of nitrogens with one attached hydrogen (secondary N) is 1. The number of amides is 1. The number of halogens is 2. The first-order valence-electron chi connectivity index (χ1n) is 8.03. The van der Waals surface area contributed by atoms with E-state index in [4.69, 9.17) is 0 Å². The van der Waals surface area contributed by atoms with Crippen molar-refractivity contribution < 1.29 is 18.3 Å². The van der Waals surface area contributed by atoms with Gasteiger partial charge in [0.2, 0.25) is 0 Å². The van der Waals surface area contributed by atoms with Crippen molar-refractivity contribution in [3.63, 3.8) is 0 Å². The zero-order valence-corrected chi connectivity index (χ0v) is 14.0. The Morgan fingerprint density at radius 2 is 1.74 bits per heavy atom. The van der Waals surface area contributed by atoms with Crippen molar-refractivity contribution in [3.05, 3.63) is 77.9 Å². The fourth-order valence-corrected chi connectivity index (χ4v) is 2.63. The highest BCUT2D eigenvalue weighted by Gasteiger charge is 2.14. The van der Waals surface area contributed by atoms with Crippen LogP contribution in [0.4, 0.5) is 14.5 Å². The molecule has 0 saturated carbocycles. The predicted molar refractivity (Wildman–Crippen MR) is 99.2 cm³/mol. The minimum Gasteiger partial charge on any atom is -0.434 e. The lowest BCUT2D eigenvalue weighted by molar-refractivity contribution is -0.112. The van der Waals surface area contributed by atoms with Crippen molar-refractivity contribution in [2.24, 2.45) is 0 Å². The average molecular weight is 364 g/mol. The first-order valence-corrected chi connectivity index (χ1v) is 8.03. The van der Waals surface area contributed by atoms with Gasteiger partial charge in [-0.05, 0) is 23.6 Å². The molecule has 27 heavy (non-hydrogen) atoms. The van der Waals surface area contributed by atoms with Gasteiger partial charge in [0.1, 0.15) is 17.4 Å². The fraction of sp³-hybridized carbons (Fsp3) is 0.0476. The summed E-state index contributed by atoms with van der Waals surface area (Å²) in [5.74, 6) is -0.751. The molecule has 3 aromatic rings. The van der Waals surface area contributed by atoms with Crippen LogP contribution in [0, 0.1) is 11.3 Å². The van der Waals surface area contributed by atoms with Crippen molar-refractivity contribution in [1.29, 1.82) is 5.26 Å². The number of anilines is 1. The molecule has 0 aliphatic carbocycles. The highest BCUT2D eigenvalue weighted by atomic mass is 19.3. The van der Waals surface area contributed by atoms with Gasteiger partial charge in [-0.15, -0.1) is 0 Å². The van der Waals surface area contributed by atoms with E-state index in [2.05, 4.69) is 10.1 Å². The molecular formula is C21H14F2N2O2. The largest absolute Gasteiger partial charge is 0.434 e. The number of para-hydroxylation sites is 1. The van der Waals surface area contributed by atoms with Gasteiger partial charge in [0, 0.05) is 16.6 Å². The Kier molecular flexibility index (Phi) is 5.43. The summed E-state index contributed by atoms with van der Waals surface area (Å²) >= 11 is 0. The smallest absolute Gasteiger partial charge is 0.387 e. The maximum Gasteiger partial charge on any atom is 0.387 e. The molecular weight excluding hydrogens is 350 g/mol. The molecule has 0 aliphatic rings. The molecule has 0 spiro atoms. The predicted octanol–water partition coefficient (Wildman–Crippen LogP) is 4.99. The van der Waals surface area contributed by atoms with E-state index in [-0.39, 0.29) is 16.9 Å². The SMILES string of the molecule is N#C/C(=C\c1ccccc1OC(F)F)C(=O)Nc1cccc2ccccc12. The lowest BCUT2D eigenvalue weighted by atomic mass is 10.1. The number of carbonyl (C=O) groups is 1. The molecule has 134 valence electrons. The molecule has 0 fully saturated rings. The maximum absolute atomic E-state index is 12.5. The Labute approximate surface area is 154 Å². The molecule has 0 unspecified atom stereocenters. The summed E-state index contributed by atoms with van der Waals surface area (Å²) in [5, 5.41) is 13.8. The van der Waals surface area contributed by atoms with Gasteiger partial charge in [0.15, 0.2) is 0 Å². The normalized spacial score (nSPS) is 11.3. The highest BCUT2D eigenvalue weighted by molar-refractivity contribution is 6.13. The number of fused-ring (bicyclic) bond motifs is 1. The number of carbonyl (C=O) groups excluding carboxylic acids is 1. The lowest BCUT2D eigenvalue weighted by Gasteiger charge is -2.10. The van der Waals surface area contributed by atoms with Crippen molar-refractivity contribution >= 4 is 28.4 Å². The molecule has 6 heteroatoms. The number of hydrogen-bond acceptors (Lipinski definition) is 3. The minimum absolute atomic E-state index is 0.113.